The number of nitrogens with two attached hydrogens (primary N) is 2. The van der Waals surface area contributed by atoms with E-state index in [1.54, 1.807) is 6.92 Å². The maximum Gasteiger partial charge on any atom is 0.345 e. The predicted molar refractivity (Wildman–Crippen MR) is 65.3 cm³/mol. The van der Waals surface area contributed by atoms with Crippen molar-refractivity contribution in [2.24, 2.45) is 5.73 Å². The Morgan fingerprint density at radius 1 is 1.56 bits per heavy atom. The molecule has 0 aliphatic heterocycles. The van der Waals surface area contributed by atoms with Crippen LogP contribution in [0.25, 0.3) is 0 Å². The number of aliphatic hydroxyl groups is 1. The molecule has 0 aliphatic carbocycles. The molecule has 0 aromatic heterocycles. The van der Waals surface area contributed by atoms with E-state index in [-0.39, 0.29) is 18.7 Å². The molecule has 0 saturated heterocycles. The molecule has 18 heavy (non-hydrogen) atoms. The summed E-state index contributed by atoms with van der Waals surface area (Å²) in [6.45, 7) is 0.481. The van der Waals surface area contributed by atoms with E-state index in [0.717, 1.165) is 0 Å². The second kappa shape index (κ2) is 5.79. The minimum Gasteiger partial charge on any atom is -0.464 e. The fourth-order valence-corrected chi connectivity index (χ4v) is 1.54. The number of anilines is 1. The van der Waals surface area contributed by atoms with Crippen LogP contribution in [0, 0.1) is 0 Å². The Balaban J connectivity index is 3.19. The number of halogens is 1. The first-order chi connectivity index (χ1) is 8.49. The highest BCUT2D eigenvalue weighted by atomic mass is 19.1. The van der Waals surface area contributed by atoms with E-state index in [4.69, 9.17) is 11.5 Å². The molecule has 0 saturated carbocycles. The van der Waals surface area contributed by atoms with Crippen LogP contribution < -0.4 is 11.5 Å². The molecule has 1 unspecified atom stereocenters. The molecule has 0 bridgehead atoms. The van der Waals surface area contributed by atoms with E-state index >= 15 is 0 Å². The highest BCUT2D eigenvalue weighted by Crippen LogP contribution is 2.26. The highest BCUT2D eigenvalue weighted by molar-refractivity contribution is 5.81. The van der Waals surface area contributed by atoms with E-state index in [1.165, 1.54) is 18.2 Å². The largest absolute Gasteiger partial charge is 0.464 e. The standard InChI is InChI=1S/C12H17FN2O3/c1-2-18-11(16)12(17,7-13)9-3-4-10(15)8(5-9)6-14/h3-5,17H,2,6-7,14-15H2,1H3. The SMILES string of the molecule is CCOC(=O)C(O)(CF)c1ccc(N)c(CN)c1. The number of carbonyl (C=O) groups excluding carboxylic acids is 1. The van der Waals surface area contributed by atoms with Crippen molar-refractivity contribution in [1.82, 2.24) is 0 Å². The molecule has 0 spiro atoms. The molecule has 0 heterocycles. The van der Waals surface area contributed by atoms with Crippen LogP contribution >= 0.6 is 0 Å². The average Bonchev–Trinajstić information content (AvgIpc) is 2.38. The summed E-state index contributed by atoms with van der Waals surface area (Å²) >= 11 is 0. The Hall–Kier alpha value is -1.66. The van der Waals surface area contributed by atoms with Crippen molar-refractivity contribution < 1.29 is 19.0 Å². The lowest BCUT2D eigenvalue weighted by molar-refractivity contribution is -0.168. The van der Waals surface area contributed by atoms with Gasteiger partial charge in [0.1, 0.15) is 6.67 Å². The molecule has 0 radical (unpaired) electrons. The quantitative estimate of drug-likeness (QED) is 0.524. The lowest BCUT2D eigenvalue weighted by Gasteiger charge is -2.23. The third kappa shape index (κ3) is 2.60. The van der Waals surface area contributed by atoms with Crippen LogP contribution in [0.4, 0.5) is 10.1 Å². The van der Waals surface area contributed by atoms with Gasteiger partial charge in [0.2, 0.25) is 5.60 Å². The zero-order chi connectivity index (χ0) is 13.8. The number of nitrogen functional groups attached to an aromatic ring is 1. The minimum atomic E-state index is -2.31. The number of hydrogen-bond donors (Lipinski definition) is 3. The van der Waals surface area contributed by atoms with Crippen molar-refractivity contribution in [2.75, 3.05) is 19.0 Å². The summed E-state index contributed by atoms with van der Waals surface area (Å²) in [6.07, 6.45) is 0. The first-order valence-electron chi connectivity index (χ1n) is 5.54. The molecule has 1 aromatic carbocycles. The number of ether oxygens (including phenoxy) is 1. The molecular weight excluding hydrogens is 239 g/mol. The lowest BCUT2D eigenvalue weighted by Crippen LogP contribution is -2.39. The van der Waals surface area contributed by atoms with E-state index in [1.807, 2.05) is 0 Å². The molecule has 100 valence electrons. The molecule has 5 N–H and O–H groups in total. The maximum atomic E-state index is 13.0. The number of esters is 1. The molecule has 0 fully saturated rings. The normalized spacial score (nSPS) is 14.0. The number of hydrogen-bond acceptors (Lipinski definition) is 5. The van der Waals surface area contributed by atoms with Crippen LogP contribution in [0.15, 0.2) is 18.2 Å². The number of rotatable bonds is 5. The van der Waals surface area contributed by atoms with Gasteiger partial charge in [0, 0.05) is 12.2 Å². The van der Waals surface area contributed by atoms with Crippen LogP contribution in [0.3, 0.4) is 0 Å². The zero-order valence-corrected chi connectivity index (χ0v) is 10.1. The van der Waals surface area contributed by atoms with Gasteiger partial charge in [-0.15, -0.1) is 0 Å². The van der Waals surface area contributed by atoms with Crippen molar-refractivity contribution in [1.29, 1.82) is 0 Å². The monoisotopic (exact) mass is 256 g/mol. The van der Waals surface area contributed by atoms with E-state index in [0.29, 0.717) is 11.3 Å². The molecule has 5 nitrogen and oxygen atoms in total. The zero-order valence-electron chi connectivity index (χ0n) is 10.1. The fraction of sp³-hybridized carbons (Fsp3) is 0.417. The minimum absolute atomic E-state index is 0.0554. The summed E-state index contributed by atoms with van der Waals surface area (Å²) in [4.78, 5) is 11.6. The summed E-state index contributed by atoms with van der Waals surface area (Å²) in [5.41, 5.74) is 9.84. The molecule has 1 atom stereocenters. The van der Waals surface area contributed by atoms with E-state index in [9.17, 15) is 14.3 Å². The number of benzene rings is 1. The Bertz CT molecular complexity index is 439. The highest BCUT2D eigenvalue weighted by Gasteiger charge is 2.40. The van der Waals surface area contributed by atoms with Gasteiger partial charge in [0.05, 0.1) is 6.61 Å². The second-order valence-corrected chi connectivity index (χ2v) is 3.83. The Labute approximate surface area is 105 Å². The van der Waals surface area contributed by atoms with Gasteiger partial charge in [-0.05, 0) is 30.2 Å². The summed E-state index contributed by atoms with van der Waals surface area (Å²) in [6, 6.07) is 4.26. The maximum absolute atomic E-state index is 13.0. The van der Waals surface area contributed by atoms with E-state index in [2.05, 4.69) is 4.74 Å². The fourth-order valence-electron chi connectivity index (χ4n) is 1.54. The molecule has 1 rings (SSSR count). The van der Waals surface area contributed by atoms with Crippen LogP contribution in [0.5, 0.6) is 0 Å². The lowest BCUT2D eigenvalue weighted by atomic mass is 9.93. The van der Waals surface area contributed by atoms with Crippen LogP contribution in [0.2, 0.25) is 0 Å². The van der Waals surface area contributed by atoms with Gasteiger partial charge in [-0.2, -0.15) is 0 Å². The first-order valence-corrected chi connectivity index (χ1v) is 5.54. The van der Waals surface area contributed by atoms with Gasteiger partial charge < -0.3 is 21.3 Å². The third-order valence-corrected chi connectivity index (χ3v) is 2.65. The first kappa shape index (κ1) is 14.4. The van der Waals surface area contributed by atoms with Gasteiger partial charge in [0.25, 0.3) is 0 Å². The summed E-state index contributed by atoms with van der Waals surface area (Å²) in [5, 5.41) is 10.1. The summed E-state index contributed by atoms with van der Waals surface area (Å²) in [7, 11) is 0. The molecule has 0 amide bonds. The van der Waals surface area contributed by atoms with Gasteiger partial charge in [-0.1, -0.05) is 6.07 Å². The number of carbonyl (C=O) groups is 1. The van der Waals surface area contributed by atoms with Gasteiger partial charge in [-0.3, -0.25) is 0 Å². The molecular formula is C12H17FN2O3. The summed E-state index contributed by atoms with van der Waals surface area (Å²) < 4.78 is 17.7. The molecule has 6 heteroatoms. The third-order valence-electron chi connectivity index (χ3n) is 2.65. The van der Waals surface area contributed by atoms with Crippen molar-refractivity contribution in [3.05, 3.63) is 29.3 Å². The summed E-state index contributed by atoms with van der Waals surface area (Å²) in [5.74, 6) is -1.03. The van der Waals surface area contributed by atoms with Crippen LogP contribution in [0.1, 0.15) is 18.1 Å². The van der Waals surface area contributed by atoms with Gasteiger partial charge in [-0.25, -0.2) is 9.18 Å². The average molecular weight is 256 g/mol. The van der Waals surface area contributed by atoms with Gasteiger partial charge >= 0.3 is 5.97 Å². The van der Waals surface area contributed by atoms with Crippen molar-refractivity contribution in [2.45, 2.75) is 19.1 Å². The Morgan fingerprint density at radius 3 is 2.72 bits per heavy atom. The van der Waals surface area contributed by atoms with Crippen LogP contribution in [-0.4, -0.2) is 24.4 Å². The Kier molecular flexibility index (Phi) is 4.63. The van der Waals surface area contributed by atoms with Crippen molar-refractivity contribution >= 4 is 11.7 Å². The predicted octanol–water partition coefficient (Wildman–Crippen LogP) is 0.448. The number of alkyl halides is 1. The molecule has 1 aromatic rings. The molecule has 0 aliphatic rings. The van der Waals surface area contributed by atoms with E-state index < -0.39 is 18.2 Å². The second-order valence-electron chi connectivity index (χ2n) is 3.83. The Morgan fingerprint density at radius 2 is 2.22 bits per heavy atom. The van der Waals surface area contributed by atoms with Crippen molar-refractivity contribution in [3.63, 3.8) is 0 Å². The van der Waals surface area contributed by atoms with Gasteiger partial charge in [0.15, 0.2) is 0 Å². The smallest absolute Gasteiger partial charge is 0.345 e. The topological polar surface area (TPSA) is 98.6 Å². The van der Waals surface area contributed by atoms with Crippen molar-refractivity contribution in [3.8, 4) is 0 Å². The van der Waals surface area contributed by atoms with Crippen LogP contribution in [-0.2, 0) is 21.7 Å².